The summed E-state index contributed by atoms with van der Waals surface area (Å²) in [5.41, 5.74) is 2.88. The molecule has 7 heteroatoms. The summed E-state index contributed by atoms with van der Waals surface area (Å²) >= 11 is 5.02. The second-order valence-electron chi connectivity index (χ2n) is 4.13. The monoisotopic (exact) mass is 360 g/mol. The van der Waals surface area contributed by atoms with Gasteiger partial charge >= 0.3 is 0 Å². The molecular formula is C12H13BrN2O2S2. The third-order valence-electron chi connectivity index (χ3n) is 2.64. The number of sulfonamides is 1. The molecule has 19 heavy (non-hydrogen) atoms. The van der Waals surface area contributed by atoms with E-state index in [0.717, 1.165) is 20.6 Å². The van der Waals surface area contributed by atoms with E-state index in [9.17, 15) is 8.42 Å². The number of primary sulfonamides is 1. The Morgan fingerprint density at radius 1 is 1.37 bits per heavy atom. The molecule has 0 aliphatic heterocycles. The minimum atomic E-state index is -3.67. The van der Waals surface area contributed by atoms with Gasteiger partial charge in [0.05, 0.1) is 8.68 Å². The Bertz CT molecular complexity index is 696. The first kappa shape index (κ1) is 14.5. The van der Waals surface area contributed by atoms with Crippen molar-refractivity contribution in [3.8, 4) is 0 Å². The molecular weight excluding hydrogens is 348 g/mol. The van der Waals surface area contributed by atoms with E-state index in [1.165, 1.54) is 6.07 Å². The van der Waals surface area contributed by atoms with Gasteiger partial charge in [0.1, 0.15) is 0 Å². The van der Waals surface area contributed by atoms with Crippen LogP contribution in [0.25, 0.3) is 0 Å². The average Bonchev–Trinajstić information content (AvgIpc) is 2.72. The zero-order valence-electron chi connectivity index (χ0n) is 10.2. The normalized spacial score (nSPS) is 11.5. The lowest BCUT2D eigenvalue weighted by Gasteiger charge is -2.10. The smallest absolute Gasteiger partial charge is 0.238 e. The fourth-order valence-electron chi connectivity index (χ4n) is 1.60. The molecule has 0 bridgehead atoms. The lowest BCUT2D eigenvalue weighted by molar-refractivity contribution is 0.598. The molecule has 4 nitrogen and oxygen atoms in total. The van der Waals surface area contributed by atoms with Crippen LogP contribution in [0, 0.1) is 6.92 Å². The van der Waals surface area contributed by atoms with E-state index >= 15 is 0 Å². The maximum absolute atomic E-state index is 11.3. The van der Waals surface area contributed by atoms with Crippen LogP contribution in [0.3, 0.4) is 0 Å². The highest BCUT2D eigenvalue weighted by Crippen LogP contribution is 2.23. The fraction of sp³-hybridized carbons (Fsp3) is 0.167. The van der Waals surface area contributed by atoms with Gasteiger partial charge in [-0.3, -0.25) is 0 Å². The minimum Gasteiger partial charge on any atom is -0.381 e. The number of nitrogens with one attached hydrogen (secondary N) is 1. The Morgan fingerprint density at radius 2 is 2.11 bits per heavy atom. The van der Waals surface area contributed by atoms with Crippen molar-refractivity contribution in [3.05, 3.63) is 44.6 Å². The molecule has 1 aromatic carbocycles. The Hall–Kier alpha value is -0.890. The summed E-state index contributed by atoms with van der Waals surface area (Å²) in [5, 5.41) is 10.4. The topological polar surface area (TPSA) is 72.2 Å². The molecule has 3 N–H and O–H groups in total. The van der Waals surface area contributed by atoms with Crippen molar-refractivity contribution >= 4 is 43.0 Å². The van der Waals surface area contributed by atoms with Gasteiger partial charge in [0, 0.05) is 12.2 Å². The van der Waals surface area contributed by atoms with Crippen molar-refractivity contribution in [2.45, 2.75) is 18.4 Å². The van der Waals surface area contributed by atoms with Crippen molar-refractivity contribution in [3.63, 3.8) is 0 Å². The van der Waals surface area contributed by atoms with E-state index in [1.807, 2.05) is 18.4 Å². The third kappa shape index (κ3) is 3.79. The quantitative estimate of drug-likeness (QED) is 0.879. The van der Waals surface area contributed by atoms with Gasteiger partial charge in [0.15, 0.2) is 0 Å². The van der Waals surface area contributed by atoms with E-state index in [4.69, 9.17) is 5.14 Å². The van der Waals surface area contributed by atoms with E-state index in [1.54, 1.807) is 23.5 Å². The van der Waals surface area contributed by atoms with Crippen LogP contribution in [0.4, 0.5) is 5.69 Å². The number of benzene rings is 1. The van der Waals surface area contributed by atoms with Gasteiger partial charge in [-0.15, -0.1) is 11.3 Å². The van der Waals surface area contributed by atoms with Crippen molar-refractivity contribution in [1.82, 2.24) is 0 Å². The van der Waals surface area contributed by atoms with Gasteiger partial charge in [-0.1, -0.05) is 6.07 Å². The molecule has 0 spiro atoms. The van der Waals surface area contributed by atoms with Crippen LogP contribution in [0.1, 0.15) is 11.1 Å². The molecule has 0 amide bonds. The van der Waals surface area contributed by atoms with Crippen molar-refractivity contribution in [2.75, 3.05) is 5.32 Å². The molecule has 2 aromatic rings. The number of nitrogens with two attached hydrogens (primary N) is 1. The van der Waals surface area contributed by atoms with Gasteiger partial charge in [-0.2, -0.15) is 0 Å². The lowest BCUT2D eigenvalue weighted by atomic mass is 10.2. The largest absolute Gasteiger partial charge is 0.381 e. The van der Waals surface area contributed by atoms with Gasteiger partial charge in [0.25, 0.3) is 0 Å². The Balaban J connectivity index is 2.20. The van der Waals surface area contributed by atoms with Crippen molar-refractivity contribution in [1.29, 1.82) is 0 Å². The summed E-state index contributed by atoms with van der Waals surface area (Å²) in [6.07, 6.45) is 0. The zero-order chi connectivity index (χ0) is 14.0. The number of anilines is 1. The van der Waals surface area contributed by atoms with Crippen LogP contribution in [0.2, 0.25) is 0 Å². The van der Waals surface area contributed by atoms with Gasteiger partial charge < -0.3 is 5.32 Å². The first-order chi connectivity index (χ1) is 8.86. The standard InChI is InChI=1S/C12H13BrN2O2S2/c1-8-2-3-10(19(14,16)17)5-11(8)15-6-9-4-12(13)18-7-9/h2-5,7,15H,6H2,1H3,(H2,14,16,17). The Labute approximate surface area is 124 Å². The molecule has 2 rings (SSSR count). The highest BCUT2D eigenvalue weighted by atomic mass is 79.9. The summed E-state index contributed by atoms with van der Waals surface area (Å²) < 4.78 is 23.7. The van der Waals surface area contributed by atoms with Gasteiger partial charge in [0.2, 0.25) is 10.0 Å². The summed E-state index contributed by atoms with van der Waals surface area (Å²) in [6.45, 7) is 2.55. The number of hydrogen-bond acceptors (Lipinski definition) is 4. The summed E-state index contributed by atoms with van der Waals surface area (Å²) in [5.74, 6) is 0. The van der Waals surface area contributed by atoms with Crippen LogP contribution in [-0.4, -0.2) is 8.42 Å². The minimum absolute atomic E-state index is 0.118. The molecule has 0 saturated carbocycles. The molecule has 0 unspecified atom stereocenters. The predicted molar refractivity (Wildman–Crippen MR) is 81.9 cm³/mol. The highest BCUT2D eigenvalue weighted by molar-refractivity contribution is 9.11. The molecule has 0 aliphatic rings. The second-order valence-corrected chi connectivity index (χ2v) is 7.99. The Kier molecular flexibility index (Phi) is 4.29. The number of aryl methyl sites for hydroxylation is 1. The van der Waals surface area contributed by atoms with Crippen LogP contribution >= 0.6 is 27.3 Å². The number of thiophene rings is 1. The summed E-state index contributed by atoms with van der Waals surface area (Å²) in [4.78, 5) is 0.118. The molecule has 1 aromatic heterocycles. The summed E-state index contributed by atoms with van der Waals surface area (Å²) in [6, 6.07) is 6.84. The van der Waals surface area contributed by atoms with Gasteiger partial charge in [-0.25, -0.2) is 13.6 Å². The van der Waals surface area contributed by atoms with Crippen molar-refractivity contribution in [2.24, 2.45) is 5.14 Å². The SMILES string of the molecule is Cc1ccc(S(N)(=O)=O)cc1NCc1csc(Br)c1. The fourth-order valence-corrected chi connectivity index (χ4v) is 3.35. The van der Waals surface area contributed by atoms with E-state index in [0.29, 0.717) is 6.54 Å². The summed E-state index contributed by atoms with van der Waals surface area (Å²) in [7, 11) is -3.67. The average molecular weight is 361 g/mol. The van der Waals surface area contributed by atoms with Crippen LogP contribution in [0.15, 0.2) is 38.3 Å². The van der Waals surface area contributed by atoms with Crippen molar-refractivity contribution < 1.29 is 8.42 Å². The van der Waals surface area contributed by atoms with Crippen LogP contribution < -0.4 is 10.5 Å². The second kappa shape index (κ2) is 5.62. The maximum Gasteiger partial charge on any atom is 0.238 e. The van der Waals surface area contributed by atoms with E-state index in [2.05, 4.69) is 21.2 Å². The Morgan fingerprint density at radius 3 is 2.68 bits per heavy atom. The molecule has 0 atom stereocenters. The molecule has 102 valence electrons. The maximum atomic E-state index is 11.3. The lowest BCUT2D eigenvalue weighted by Crippen LogP contribution is -2.12. The van der Waals surface area contributed by atoms with E-state index < -0.39 is 10.0 Å². The van der Waals surface area contributed by atoms with Crippen LogP contribution in [0.5, 0.6) is 0 Å². The van der Waals surface area contributed by atoms with E-state index in [-0.39, 0.29) is 4.90 Å². The zero-order valence-corrected chi connectivity index (χ0v) is 13.4. The molecule has 0 radical (unpaired) electrons. The predicted octanol–water partition coefficient (Wildman–Crippen LogP) is 3.08. The van der Waals surface area contributed by atoms with Gasteiger partial charge in [-0.05, 0) is 57.6 Å². The molecule has 1 heterocycles. The number of hydrogen-bond donors (Lipinski definition) is 2. The first-order valence-electron chi connectivity index (χ1n) is 5.46. The highest BCUT2D eigenvalue weighted by Gasteiger charge is 2.10. The molecule has 0 fully saturated rings. The molecule has 0 aliphatic carbocycles. The molecule has 0 saturated heterocycles. The first-order valence-corrected chi connectivity index (χ1v) is 8.68. The van der Waals surface area contributed by atoms with Crippen LogP contribution in [-0.2, 0) is 16.6 Å². The third-order valence-corrected chi connectivity index (χ3v) is 5.11. The number of rotatable bonds is 4. The number of halogens is 1.